The normalized spacial score (nSPS) is 22.9. The molecule has 15 heavy (non-hydrogen) atoms. The Morgan fingerprint density at radius 2 is 2.53 bits per heavy atom. The summed E-state index contributed by atoms with van der Waals surface area (Å²) >= 11 is 3.52. The molecule has 0 radical (unpaired) electrons. The third-order valence-electron chi connectivity index (χ3n) is 2.69. The predicted octanol–water partition coefficient (Wildman–Crippen LogP) is 2.06. The molecule has 1 saturated heterocycles. The minimum Gasteiger partial charge on any atom is -0.379 e. The first-order valence-corrected chi connectivity index (χ1v) is 5.98. The summed E-state index contributed by atoms with van der Waals surface area (Å²) in [6, 6.07) is 4.46. The Morgan fingerprint density at radius 3 is 3.27 bits per heavy atom. The summed E-state index contributed by atoms with van der Waals surface area (Å²) in [7, 11) is 0. The molecule has 0 spiro atoms. The summed E-state index contributed by atoms with van der Waals surface area (Å²) in [5.41, 5.74) is 1.10. The van der Waals surface area contributed by atoms with E-state index in [-0.39, 0.29) is 0 Å². The van der Waals surface area contributed by atoms with Crippen molar-refractivity contribution in [1.29, 1.82) is 0 Å². The Balaban J connectivity index is 2.04. The predicted molar refractivity (Wildman–Crippen MR) is 62.6 cm³/mol. The highest BCUT2D eigenvalue weighted by atomic mass is 79.9. The van der Waals surface area contributed by atoms with Crippen molar-refractivity contribution in [2.75, 3.05) is 19.8 Å². The first-order chi connectivity index (χ1) is 7.27. The summed E-state index contributed by atoms with van der Waals surface area (Å²) in [5, 5.41) is 0. The van der Waals surface area contributed by atoms with Gasteiger partial charge in [-0.05, 0) is 35.0 Å². The third kappa shape index (κ3) is 2.77. The van der Waals surface area contributed by atoms with Gasteiger partial charge in [0.05, 0.1) is 18.9 Å². The zero-order valence-corrected chi connectivity index (χ0v) is 10.4. The van der Waals surface area contributed by atoms with Gasteiger partial charge in [-0.2, -0.15) is 0 Å². The van der Waals surface area contributed by atoms with E-state index in [0.29, 0.717) is 6.04 Å². The molecule has 1 aliphatic heterocycles. The van der Waals surface area contributed by atoms with Crippen molar-refractivity contribution in [2.45, 2.75) is 19.5 Å². The monoisotopic (exact) mass is 270 g/mol. The lowest BCUT2D eigenvalue weighted by atomic mass is 10.2. The minimum absolute atomic E-state index is 0.479. The van der Waals surface area contributed by atoms with Gasteiger partial charge in [-0.25, -0.2) is 0 Å². The number of nitrogens with zero attached hydrogens (tertiary/aromatic N) is 2. The van der Waals surface area contributed by atoms with Crippen LogP contribution in [0, 0.1) is 0 Å². The van der Waals surface area contributed by atoms with Crippen molar-refractivity contribution in [1.82, 2.24) is 9.88 Å². The van der Waals surface area contributed by atoms with E-state index in [1.54, 1.807) is 0 Å². The van der Waals surface area contributed by atoms with Crippen LogP contribution in [0.5, 0.6) is 0 Å². The molecular formula is C11H15BrN2O. The first-order valence-electron chi connectivity index (χ1n) is 5.18. The van der Waals surface area contributed by atoms with Crippen LogP contribution in [0.4, 0.5) is 0 Å². The van der Waals surface area contributed by atoms with E-state index in [1.807, 2.05) is 18.3 Å². The lowest BCUT2D eigenvalue weighted by Crippen LogP contribution is -2.43. The number of rotatable bonds is 2. The quantitative estimate of drug-likeness (QED) is 0.823. The van der Waals surface area contributed by atoms with Gasteiger partial charge in [0.1, 0.15) is 0 Å². The fraction of sp³-hybridized carbons (Fsp3) is 0.545. The molecule has 2 heterocycles. The van der Waals surface area contributed by atoms with Gasteiger partial charge < -0.3 is 4.74 Å². The number of hydrogen-bond acceptors (Lipinski definition) is 3. The topological polar surface area (TPSA) is 25.4 Å². The van der Waals surface area contributed by atoms with Crippen LogP contribution in [0.2, 0.25) is 0 Å². The summed E-state index contributed by atoms with van der Waals surface area (Å²) < 4.78 is 6.49. The van der Waals surface area contributed by atoms with E-state index in [9.17, 15) is 0 Å². The van der Waals surface area contributed by atoms with Gasteiger partial charge in [-0.3, -0.25) is 9.88 Å². The van der Waals surface area contributed by atoms with Crippen molar-refractivity contribution in [3.05, 3.63) is 28.5 Å². The Kier molecular flexibility index (Phi) is 3.72. The Labute approximate surface area is 98.6 Å². The molecule has 1 aromatic heterocycles. The molecule has 1 unspecified atom stereocenters. The summed E-state index contributed by atoms with van der Waals surface area (Å²) in [5.74, 6) is 0. The van der Waals surface area contributed by atoms with Crippen molar-refractivity contribution in [2.24, 2.45) is 0 Å². The molecule has 0 N–H and O–H groups in total. The molecular weight excluding hydrogens is 256 g/mol. The standard InChI is InChI=1S/C11H15BrN2O/c1-9-8-15-6-5-14(9)7-11-10(12)3-2-4-13-11/h2-4,9H,5-8H2,1H3. The second-order valence-electron chi connectivity index (χ2n) is 3.83. The average molecular weight is 271 g/mol. The van der Waals surface area contributed by atoms with E-state index >= 15 is 0 Å². The Bertz CT molecular complexity index is 332. The summed E-state index contributed by atoms with van der Waals surface area (Å²) in [4.78, 5) is 6.78. The van der Waals surface area contributed by atoms with Gasteiger partial charge in [0.15, 0.2) is 0 Å². The van der Waals surface area contributed by atoms with Crippen molar-refractivity contribution < 1.29 is 4.74 Å². The number of halogens is 1. The number of hydrogen-bond donors (Lipinski definition) is 0. The molecule has 0 bridgehead atoms. The van der Waals surface area contributed by atoms with Crippen LogP contribution < -0.4 is 0 Å². The SMILES string of the molecule is CC1COCCN1Cc1ncccc1Br. The highest BCUT2D eigenvalue weighted by Crippen LogP contribution is 2.17. The van der Waals surface area contributed by atoms with Gasteiger partial charge in [-0.1, -0.05) is 0 Å². The Morgan fingerprint density at radius 1 is 1.67 bits per heavy atom. The fourth-order valence-corrected chi connectivity index (χ4v) is 2.10. The summed E-state index contributed by atoms with van der Waals surface area (Å²) in [6.07, 6.45) is 1.84. The van der Waals surface area contributed by atoms with Gasteiger partial charge >= 0.3 is 0 Å². The zero-order valence-electron chi connectivity index (χ0n) is 8.82. The van der Waals surface area contributed by atoms with Crippen LogP contribution in [-0.4, -0.2) is 35.7 Å². The third-order valence-corrected chi connectivity index (χ3v) is 3.41. The first kappa shape index (κ1) is 11.0. The molecule has 2 rings (SSSR count). The Hall–Kier alpha value is -0.450. The van der Waals surface area contributed by atoms with E-state index in [4.69, 9.17) is 4.74 Å². The largest absolute Gasteiger partial charge is 0.379 e. The second kappa shape index (κ2) is 5.05. The maximum atomic E-state index is 5.41. The minimum atomic E-state index is 0.479. The number of ether oxygens (including phenoxy) is 1. The van der Waals surface area contributed by atoms with Gasteiger partial charge in [0.25, 0.3) is 0 Å². The number of pyridine rings is 1. The smallest absolute Gasteiger partial charge is 0.0685 e. The molecule has 1 atom stereocenters. The van der Waals surface area contributed by atoms with E-state index < -0.39 is 0 Å². The van der Waals surface area contributed by atoms with Crippen LogP contribution >= 0.6 is 15.9 Å². The molecule has 82 valence electrons. The molecule has 0 saturated carbocycles. The number of morpholine rings is 1. The van der Waals surface area contributed by atoms with Gasteiger partial charge in [0.2, 0.25) is 0 Å². The van der Waals surface area contributed by atoms with Crippen molar-refractivity contribution in [3.8, 4) is 0 Å². The molecule has 1 fully saturated rings. The molecule has 1 aromatic rings. The van der Waals surface area contributed by atoms with Gasteiger partial charge in [-0.15, -0.1) is 0 Å². The lowest BCUT2D eigenvalue weighted by Gasteiger charge is -2.33. The van der Waals surface area contributed by atoms with Crippen LogP contribution in [0.1, 0.15) is 12.6 Å². The van der Waals surface area contributed by atoms with Crippen molar-refractivity contribution >= 4 is 15.9 Å². The second-order valence-corrected chi connectivity index (χ2v) is 4.68. The van der Waals surface area contributed by atoms with Gasteiger partial charge in [0, 0.05) is 29.8 Å². The molecule has 0 amide bonds. The average Bonchev–Trinajstić information content (AvgIpc) is 2.24. The van der Waals surface area contributed by atoms with Crippen molar-refractivity contribution in [3.63, 3.8) is 0 Å². The fourth-order valence-electron chi connectivity index (χ4n) is 1.72. The zero-order chi connectivity index (χ0) is 10.7. The van der Waals surface area contributed by atoms with E-state index in [0.717, 1.165) is 36.5 Å². The number of aromatic nitrogens is 1. The van der Waals surface area contributed by atoms with E-state index in [1.165, 1.54) is 0 Å². The lowest BCUT2D eigenvalue weighted by molar-refractivity contribution is -0.00500. The molecule has 0 aromatic carbocycles. The maximum Gasteiger partial charge on any atom is 0.0685 e. The molecule has 4 heteroatoms. The van der Waals surface area contributed by atoms with Crippen LogP contribution in [0.15, 0.2) is 22.8 Å². The highest BCUT2D eigenvalue weighted by Gasteiger charge is 2.19. The van der Waals surface area contributed by atoms with Crippen LogP contribution in [0.3, 0.4) is 0 Å². The molecule has 0 aliphatic carbocycles. The summed E-state index contributed by atoms with van der Waals surface area (Å²) in [6.45, 7) is 5.73. The molecule has 3 nitrogen and oxygen atoms in total. The van der Waals surface area contributed by atoms with Crippen LogP contribution in [0.25, 0.3) is 0 Å². The molecule has 1 aliphatic rings. The highest BCUT2D eigenvalue weighted by molar-refractivity contribution is 9.10. The van der Waals surface area contributed by atoms with E-state index in [2.05, 4.69) is 32.7 Å². The van der Waals surface area contributed by atoms with Crippen LogP contribution in [-0.2, 0) is 11.3 Å². The maximum absolute atomic E-state index is 5.41.